The first kappa shape index (κ1) is 21.1. The number of alkyl carbamates (subject to hydrolysis) is 1. The van der Waals surface area contributed by atoms with Crippen LogP contribution in [0.5, 0.6) is 5.75 Å². The highest BCUT2D eigenvalue weighted by molar-refractivity contribution is 5.68. The molecular weight excluding hydrogens is 370 g/mol. The first-order valence-corrected chi connectivity index (χ1v) is 9.93. The molecule has 2 aromatic rings. The van der Waals surface area contributed by atoms with Gasteiger partial charge in [0, 0.05) is 44.8 Å². The van der Waals surface area contributed by atoms with E-state index < -0.39 is 5.60 Å². The molecule has 0 bridgehead atoms. The standard InChI is InChI=1S/C21H31N5O3/c1-21(2,3)29-20(27)22-17-10-16(19-14-25(4)24-23-19)12-26(13-17)11-15-6-8-18(28-5)9-7-15/h6-9,14,16-17H,10-13H2,1-5H3,(H,22,27)/t16-,17+/m1/s1. The van der Waals surface area contributed by atoms with E-state index in [1.165, 1.54) is 5.56 Å². The number of nitrogens with zero attached hydrogens (tertiary/aromatic N) is 4. The largest absolute Gasteiger partial charge is 0.497 e. The van der Waals surface area contributed by atoms with Gasteiger partial charge in [-0.1, -0.05) is 17.3 Å². The van der Waals surface area contributed by atoms with Crippen molar-refractivity contribution in [1.29, 1.82) is 0 Å². The summed E-state index contributed by atoms with van der Waals surface area (Å²) in [6.45, 7) is 8.00. The van der Waals surface area contributed by atoms with Crippen LogP contribution in [0.3, 0.4) is 0 Å². The maximum atomic E-state index is 12.3. The van der Waals surface area contributed by atoms with Crippen LogP contribution in [0, 0.1) is 0 Å². The van der Waals surface area contributed by atoms with Crippen molar-refractivity contribution in [2.75, 3.05) is 20.2 Å². The number of amides is 1. The summed E-state index contributed by atoms with van der Waals surface area (Å²) in [5, 5.41) is 11.4. The van der Waals surface area contributed by atoms with Crippen LogP contribution in [0.1, 0.15) is 44.4 Å². The Hall–Kier alpha value is -2.61. The zero-order valence-corrected chi connectivity index (χ0v) is 17.9. The van der Waals surface area contributed by atoms with Crippen LogP contribution in [0.15, 0.2) is 30.5 Å². The molecule has 8 heteroatoms. The van der Waals surface area contributed by atoms with E-state index >= 15 is 0 Å². The molecule has 1 amide bonds. The molecule has 2 atom stereocenters. The van der Waals surface area contributed by atoms with Gasteiger partial charge in [-0.05, 0) is 44.9 Å². The van der Waals surface area contributed by atoms with Crippen molar-refractivity contribution in [3.63, 3.8) is 0 Å². The summed E-state index contributed by atoms with van der Waals surface area (Å²) in [7, 11) is 3.53. The molecule has 0 aliphatic carbocycles. The number of ether oxygens (including phenoxy) is 2. The van der Waals surface area contributed by atoms with E-state index in [0.29, 0.717) is 0 Å². The number of aryl methyl sites for hydroxylation is 1. The third-order valence-electron chi connectivity index (χ3n) is 4.85. The van der Waals surface area contributed by atoms with Crippen molar-refractivity contribution in [1.82, 2.24) is 25.2 Å². The van der Waals surface area contributed by atoms with Crippen molar-refractivity contribution in [3.05, 3.63) is 41.7 Å². The maximum Gasteiger partial charge on any atom is 0.407 e. The fraction of sp³-hybridized carbons (Fsp3) is 0.571. The Morgan fingerprint density at radius 1 is 1.24 bits per heavy atom. The first-order chi connectivity index (χ1) is 13.7. The predicted octanol–water partition coefficient (Wildman–Crippen LogP) is 2.71. The molecule has 0 unspecified atom stereocenters. The lowest BCUT2D eigenvalue weighted by Crippen LogP contribution is -2.50. The van der Waals surface area contributed by atoms with Gasteiger partial charge in [-0.3, -0.25) is 9.58 Å². The molecule has 0 radical (unpaired) electrons. The third kappa shape index (κ3) is 6.19. The normalized spacial score (nSPS) is 20.3. The number of aromatic nitrogens is 3. The molecule has 3 rings (SSSR count). The van der Waals surface area contributed by atoms with Gasteiger partial charge in [0.15, 0.2) is 0 Å². The molecule has 1 saturated heterocycles. The molecule has 158 valence electrons. The van der Waals surface area contributed by atoms with Crippen molar-refractivity contribution in [3.8, 4) is 5.75 Å². The second kappa shape index (κ2) is 8.82. The average Bonchev–Trinajstić information content (AvgIpc) is 3.07. The Morgan fingerprint density at radius 2 is 1.97 bits per heavy atom. The van der Waals surface area contributed by atoms with Gasteiger partial charge >= 0.3 is 6.09 Å². The summed E-state index contributed by atoms with van der Waals surface area (Å²) < 4.78 is 12.4. The highest BCUT2D eigenvalue weighted by Crippen LogP contribution is 2.27. The Morgan fingerprint density at radius 3 is 2.55 bits per heavy atom. The molecule has 1 N–H and O–H groups in total. The quantitative estimate of drug-likeness (QED) is 0.830. The van der Waals surface area contributed by atoms with Crippen molar-refractivity contribution >= 4 is 6.09 Å². The zero-order valence-electron chi connectivity index (χ0n) is 17.9. The second-order valence-electron chi connectivity index (χ2n) is 8.64. The minimum Gasteiger partial charge on any atom is -0.497 e. The molecule has 0 saturated carbocycles. The lowest BCUT2D eigenvalue weighted by atomic mass is 9.91. The molecule has 8 nitrogen and oxygen atoms in total. The summed E-state index contributed by atoms with van der Waals surface area (Å²) in [4.78, 5) is 14.7. The number of likely N-dealkylation sites (tertiary alicyclic amines) is 1. The maximum absolute atomic E-state index is 12.3. The Kier molecular flexibility index (Phi) is 6.42. The van der Waals surface area contributed by atoms with Crippen LogP contribution in [0.2, 0.25) is 0 Å². The Labute approximate surface area is 172 Å². The fourth-order valence-electron chi connectivity index (χ4n) is 3.65. The third-order valence-corrected chi connectivity index (χ3v) is 4.85. The lowest BCUT2D eigenvalue weighted by Gasteiger charge is -2.37. The summed E-state index contributed by atoms with van der Waals surface area (Å²) >= 11 is 0. The van der Waals surface area contributed by atoms with Crippen LogP contribution in [-0.2, 0) is 18.3 Å². The van der Waals surface area contributed by atoms with E-state index in [9.17, 15) is 4.79 Å². The number of carbonyl (C=O) groups is 1. The van der Waals surface area contributed by atoms with E-state index in [0.717, 1.165) is 37.5 Å². The van der Waals surface area contributed by atoms with E-state index in [1.807, 2.05) is 46.1 Å². The molecule has 0 spiro atoms. The number of carbonyl (C=O) groups excluding carboxylic acids is 1. The van der Waals surface area contributed by atoms with Crippen LogP contribution in [-0.4, -0.2) is 57.8 Å². The second-order valence-corrected chi connectivity index (χ2v) is 8.64. The van der Waals surface area contributed by atoms with Gasteiger partial charge in [-0.2, -0.15) is 0 Å². The molecule has 2 heterocycles. The average molecular weight is 402 g/mol. The van der Waals surface area contributed by atoms with Gasteiger partial charge < -0.3 is 14.8 Å². The highest BCUT2D eigenvalue weighted by Gasteiger charge is 2.31. The molecule has 1 aliphatic heterocycles. The minimum absolute atomic E-state index is 0.0242. The number of hydrogen-bond donors (Lipinski definition) is 1. The highest BCUT2D eigenvalue weighted by atomic mass is 16.6. The summed E-state index contributed by atoms with van der Waals surface area (Å²) in [6, 6.07) is 8.05. The molecule has 29 heavy (non-hydrogen) atoms. The van der Waals surface area contributed by atoms with Gasteiger partial charge in [0.25, 0.3) is 0 Å². The van der Waals surface area contributed by atoms with Crippen molar-refractivity contribution in [2.45, 2.75) is 51.3 Å². The van der Waals surface area contributed by atoms with Crippen molar-refractivity contribution in [2.24, 2.45) is 7.05 Å². The lowest BCUT2D eigenvalue weighted by molar-refractivity contribution is 0.0461. The number of piperidine rings is 1. The van der Waals surface area contributed by atoms with E-state index in [-0.39, 0.29) is 18.1 Å². The number of rotatable bonds is 5. The topological polar surface area (TPSA) is 81.5 Å². The molecular formula is C21H31N5O3. The molecule has 1 aliphatic rings. The van der Waals surface area contributed by atoms with Gasteiger partial charge in [-0.15, -0.1) is 5.10 Å². The first-order valence-electron chi connectivity index (χ1n) is 9.93. The monoisotopic (exact) mass is 401 g/mol. The van der Waals surface area contributed by atoms with Crippen LogP contribution >= 0.6 is 0 Å². The zero-order chi connectivity index (χ0) is 21.0. The van der Waals surface area contributed by atoms with Crippen molar-refractivity contribution < 1.29 is 14.3 Å². The van der Waals surface area contributed by atoms with Gasteiger partial charge in [0.1, 0.15) is 11.4 Å². The minimum atomic E-state index is -0.522. The van der Waals surface area contributed by atoms with Gasteiger partial charge in [-0.25, -0.2) is 4.79 Å². The summed E-state index contributed by atoms with van der Waals surface area (Å²) in [5.74, 6) is 1.03. The molecule has 1 aromatic heterocycles. The number of methoxy groups -OCH3 is 1. The smallest absolute Gasteiger partial charge is 0.407 e. The van der Waals surface area contributed by atoms with Gasteiger partial charge in [0.05, 0.1) is 12.8 Å². The number of benzene rings is 1. The Bertz CT molecular complexity index is 812. The summed E-state index contributed by atoms with van der Waals surface area (Å²) in [6.07, 6.45) is 2.37. The SMILES string of the molecule is COc1ccc(CN2C[C@@H](NC(=O)OC(C)(C)C)C[C@@H](c3cn(C)nn3)C2)cc1. The van der Waals surface area contributed by atoms with Crippen LogP contribution < -0.4 is 10.1 Å². The van der Waals surface area contributed by atoms with Crippen LogP contribution in [0.4, 0.5) is 4.79 Å². The number of hydrogen-bond acceptors (Lipinski definition) is 6. The van der Waals surface area contributed by atoms with Crippen LogP contribution in [0.25, 0.3) is 0 Å². The Balaban J connectivity index is 1.71. The summed E-state index contributed by atoms with van der Waals surface area (Å²) in [5.41, 5.74) is 1.62. The molecule has 1 aromatic carbocycles. The number of nitrogens with one attached hydrogen (secondary N) is 1. The molecule has 1 fully saturated rings. The predicted molar refractivity (Wildman–Crippen MR) is 110 cm³/mol. The van der Waals surface area contributed by atoms with E-state index in [4.69, 9.17) is 9.47 Å². The van der Waals surface area contributed by atoms with E-state index in [1.54, 1.807) is 11.8 Å². The van der Waals surface area contributed by atoms with Gasteiger partial charge in [0.2, 0.25) is 0 Å². The fourth-order valence-corrected chi connectivity index (χ4v) is 3.65. The van der Waals surface area contributed by atoms with E-state index in [2.05, 4.69) is 32.7 Å².